The van der Waals surface area contributed by atoms with Gasteiger partial charge < -0.3 is 10.1 Å². The molecule has 0 radical (unpaired) electrons. The maximum atomic E-state index is 5.47. The van der Waals surface area contributed by atoms with Crippen molar-refractivity contribution in [1.82, 2.24) is 19.6 Å². The van der Waals surface area contributed by atoms with Crippen LogP contribution in [0.1, 0.15) is 18.7 Å². The first kappa shape index (κ1) is 11.4. The number of aryl methyl sites for hydroxylation is 1. The van der Waals surface area contributed by atoms with E-state index in [1.807, 2.05) is 17.5 Å². The van der Waals surface area contributed by atoms with E-state index in [1.54, 1.807) is 6.20 Å². The monoisotopic (exact) mass is 247 g/mol. The highest BCUT2D eigenvalue weighted by Gasteiger charge is 2.15. The standard InChI is InChI=1S/C12H17N5O/c1-9-15-16-12-11(13-4-5-17(9)12)14-7-10-3-2-6-18-8-10/h4-5,10H,2-3,6-8H2,1H3,(H,13,14). The lowest BCUT2D eigenvalue weighted by molar-refractivity contribution is 0.0595. The van der Waals surface area contributed by atoms with Crippen LogP contribution in [-0.4, -0.2) is 39.3 Å². The lowest BCUT2D eigenvalue weighted by Crippen LogP contribution is -2.24. The molecule has 3 heterocycles. The van der Waals surface area contributed by atoms with E-state index in [2.05, 4.69) is 20.5 Å². The zero-order chi connectivity index (χ0) is 12.4. The molecule has 0 aromatic carbocycles. The number of hydrogen-bond donors (Lipinski definition) is 1. The van der Waals surface area contributed by atoms with Crippen LogP contribution in [-0.2, 0) is 4.74 Å². The van der Waals surface area contributed by atoms with Crippen LogP contribution < -0.4 is 5.32 Å². The minimum absolute atomic E-state index is 0.560. The van der Waals surface area contributed by atoms with Gasteiger partial charge in [-0.05, 0) is 25.7 Å². The van der Waals surface area contributed by atoms with Crippen molar-refractivity contribution < 1.29 is 4.74 Å². The number of fused-ring (bicyclic) bond motifs is 1. The van der Waals surface area contributed by atoms with E-state index < -0.39 is 0 Å². The van der Waals surface area contributed by atoms with Crippen LogP contribution >= 0.6 is 0 Å². The van der Waals surface area contributed by atoms with Crippen molar-refractivity contribution >= 4 is 11.5 Å². The van der Waals surface area contributed by atoms with Gasteiger partial charge in [-0.1, -0.05) is 0 Å². The third kappa shape index (κ3) is 2.15. The SMILES string of the molecule is Cc1nnc2c(NCC3CCCOC3)nccn12. The van der Waals surface area contributed by atoms with Gasteiger partial charge in [0, 0.05) is 25.5 Å². The third-order valence-electron chi connectivity index (χ3n) is 3.31. The topological polar surface area (TPSA) is 64.3 Å². The van der Waals surface area contributed by atoms with Crippen LogP contribution in [0.3, 0.4) is 0 Å². The van der Waals surface area contributed by atoms with Gasteiger partial charge in [-0.15, -0.1) is 10.2 Å². The first-order valence-electron chi connectivity index (χ1n) is 6.32. The normalized spacial score (nSPS) is 20.2. The molecule has 1 unspecified atom stereocenters. The Balaban J connectivity index is 1.74. The van der Waals surface area contributed by atoms with Gasteiger partial charge in [-0.25, -0.2) is 4.98 Å². The lowest BCUT2D eigenvalue weighted by atomic mass is 10.0. The molecule has 6 nitrogen and oxygen atoms in total. The van der Waals surface area contributed by atoms with E-state index in [-0.39, 0.29) is 0 Å². The van der Waals surface area contributed by atoms with E-state index in [0.717, 1.165) is 43.5 Å². The van der Waals surface area contributed by atoms with Gasteiger partial charge in [-0.2, -0.15) is 0 Å². The van der Waals surface area contributed by atoms with Crippen molar-refractivity contribution in [2.24, 2.45) is 5.92 Å². The molecule has 1 saturated heterocycles. The Morgan fingerprint density at radius 2 is 2.44 bits per heavy atom. The molecule has 0 aliphatic carbocycles. The van der Waals surface area contributed by atoms with Gasteiger partial charge in [0.1, 0.15) is 5.82 Å². The van der Waals surface area contributed by atoms with Gasteiger partial charge in [0.2, 0.25) is 5.65 Å². The Morgan fingerprint density at radius 1 is 1.50 bits per heavy atom. The molecular formula is C12H17N5O. The molecule has 0 spiro atoms. The summed E-state index contributed by atoms with van der Waals surface area (Å²) in [6, 6.07) is 0. The number of anilines is 1. The van der Waals surface area contributed by atoms with Crippen LogP contribution in [0, 0.1) is 12.8 Å². The fourth-order valence-electron chi connectivity index (χ4n) is 2.28. The second-order valence-electron chi connectivity index (χ2n) is 4.68. The molecule has 1 aliphatic heterocycles. The largest absolute Gasteiger partial charge is 0.381 e. The van der Waals surface area contributed by atoms with Crippen LogP contribution in [0.4, 0.5) is 5.82 Å². The molecule has 1 N–H and O–H groups in total. The Kier molecular flexibility index (Phi) is 3.10. The van der Waals surface area contributed by atoms with Gasteiger partial charge in [0.25, 0.3) is 0 Å². The molecule has 18 heavy (non-hydrogen) atoms. The van der Waals surface area contributed by atoms with Crippen molar-refractivity contribution in [3.8, 4) is 0 Å². The first-order valence-corrected chi connectivity index (χ1v) is 6.32. The molecule has 0 bridgehead atoms. The molecule has 1 aliphatic rings. The van der Waals surface area contributed by atoms with Crippen molar-refractivity contribution in [1.29, 1.82) is 0 Å². The van der Waals surface area contributed by atoms with Gasteiger partial charge >= 0.3 is 0 Å². The number of ether oxygens (including phenoxy) is 1. The number of hydrogen-bond acceptors (Lipinski definition) is 5. The Bertz CT molecular complexity index is 532. The minimum atomic E-state index is 0.560. The Labute approximate surface area is 105 Å². The third-order valence-corrected chi connectivity index (χ3v) is 3.31. The molecule has 3 rings (SSSR count). The van der Waals surface area contributed by atoms with Crippen LogP contribution in [0.5, 0.6) is 0 Å². The number of nitrogens with one attached hydrogen (secondary N) is 1. The lowest BCUT2D eigenvalue weighted by Gasteiger charge is -2.22. The number of aromatic nitrogens is 4. The maximum absolute atomic E-state index is 5.47. The van der Waals surface area contributed by atoms with E-state index in [9.17, 15) is 0 Å². The fraction of sp³-hybridized carbons (Fsp3) is 0.583. The van der Waals surface area contributed by atoms with Crippen LogP contribution in [0.25, 0.3) is 5.65 Å². The fourth-order valence-corrected chi connectivity index (χ4v) is 2.28. The minimum Gasteiger partial charge on any atom is -0.381 e. The molecular weight excluding hydrogens is 230 g/mol. The predicted molar refractivity (Wildman–Crippen MR) is 67.6 cm³/mol. The Morgan fingerprint density at radius 3 is 3.28 bits per heavy atom. The molecule has 2 aromatic rings. The molecule has 6 heteroatoms. The summed E-state index contributed by atoms with van der Waals surface area (Å²) in [5, 5.41) is 11.6. The number of rotatable bonds is 3. The van der Waals surface area contributed by atoms with Crippen molar-refractivity contribution in [2.45, 2.75) is 19.8 Å². The van der Waals surface area contributed by atoms with Crippen LogP contribution in [0.15, 0.2) is 12.4 Å². The molecule has 0 saturated carbocycles. The van der Waals surface area contributed by atoms with E-state index in [4.69, 9.17) is 4.74 Å². The van der Waals surface area contributed by atoms with Gasteiger partial charge in [0.15, 0.2) is 5.82 Å². The summed E-state index contributed by atoms with van der Waals surface area (Å²) in [6.45, 7) is 4.53. The predicted octanol–water partition coefficient (Wildman–Crippen LogP) is 1.27. The highest BCUT2D eigenvalue weighted by atomic mass is 16.5. The van der Waals surface area contributed by atoms with E-state index in [0.29, 0.717) is 5.92 Å². The van der Waals surface area contributed by atoms with Gasteiger partial charge in [-0.3, -0.25) is 4.40 Å². The molecule has 1 atom stereocenters. The average molecular weight is 247 g/mol. The summed E-state index contributed by atoms with van der Waals surface area (Å²) in [4.78, 5) is 4.33. The van der Waals surface area contributed by atoms with E-state index in [1.165, 1.54) is 6.42 Å². The highest BCUT2D eigenvalue weighted by molar-refractivity contribution is 5.61. The molecule has 1 fully saturated rings. The average Bonchev–Trinajstić information content (AvgIpc) is 2.80. The van der Waals surface area contributed by atoms with Crippen LogP contribution in [0.2, 0.25) is 0 Å². The second-order valence-corrected chi connectivity index (χ2v) is 4.68. The first-order chi connectivity index (χ1) is 8.84. The second kappa shape index (κ2) is 4.89. The summed E-state index contributed by atoms with van der Waals surface area (Å²) in [5.41, 5.74) is 0.784. The zero-order valence-electron chi connectivity index (χ0n) is 10.5. The summed E-state index contributed by atoms with van der Waals surface area (Å²) in [5.74, 6) is 2.23. The van der Waals surface area contributed by atoms with Crippen molar-refractivity contribution in [3.63, 3.8) is 0 Å². The molecule has 2 aromatic heterocycles. The number of nitrogens with zero attached hydrogens (tertiary/aromatic N) is 4. The summed E-state index contributed by atoms with van der Waals surface area (Å²) in [7, 11) is 0. The smallest absolute Gasteiger partial charge is 0.203 e. The highest BCUT2D eigenvalue weighted by Crippen LogP contribution is 2.16. The molecule has 96 valence electrons. The summed E-state index contributed by atoms with van der Waals surface area (Å²) < 4.78 is 7.41. The summed E-state index contributed by atoms with van der Waals surface area (Å²) in [6.07, 6.45) is 6.00. The van der Waals surface area contributed by atoms with Gasteiger partial charge in [0.05, 0.1) is 6.61 Å². The Hall–Kier alpha value is -1.69. The summed E-state index contributed by atoms with van der Waals surface area (Å²) >= 11 is 0. The quantitative estimate of drug-likeness (QED) is 0.885. The van der Waals surface area contributed by atoms with Crippen molar-refractivity contribution in [2.75, 3.05) is 25.1 Å². The zero-order valence-corrected chi connectivity index (χ0v) is 10.5. The molecule has 0 amide bonds. The van der Waals surface area contributed by atoms with Crippen molar-refractivity contribution in [3.05, 3.63) is 18.2 Å². The van der Waals surface area contributed by atoms with E-state index >= 15 is 0 Å². The maximum Gasteiger partial charge on any atom is 0.203 e.